The van der Waals surface area contributed by atoms with Gasteiger partial charge in [-0.3, -0.25) is 4.79 Å². The maximum Gasteiger partial charge on any atom is 0.339 e. The molecule has 0 saturated carbocycles. The molecule has 0 aliphatic carbocycles. The summed E-state index contributed by atoms with van der Waals surface area (Å²) in [5, 5.41) is 13.4. The van der Waals surface area contributed by atoms with Crippen LogP contribution in [0.1, 0.15) is 27.3 Å². The number of imidazole rings is 2. The summed E-state index contributed by atoms with van der Waals surface area (Å²) in [6.07, 6.45) is 9.51. The van der Waals surface area contributed by atoms with E-state index in [1.807, 2.05) is 29.7 Å². The number of ether oxygens (including phenoxy) is 1. The average molecular weight is 445 g/mol. The lowest BCUT2D eigenvalue weighted by Crippen LogP contribution is -2.26. The van der Waals surface area contributed by atoms with Crippen LogP contribution in [0.25, 0.3) is 11.2 Å². The van der Waals surface area contributed by atoms with E-state index in [4.69, 9.17) is 10.1 Å². The number of amides is 1. The van der Waals surface area contributed by atoms with E-state index in [0.29, 0.717) is 23.4 Å². The summed E-state index contributed by atoms with van der Waals surface area (Å²) >= 11 is 0. The smallest absolute Gasteiger partial charge is 0.339 e. The van der Waals surface area contributed by atoms with Crippen LogP contribution in [0.5, 0.6) is 0 Å². The van der Waals surface area contributed by atoms with Crippen LogP contribution in [0.4, 0.5) is 0 Å². The standard InChI is InChI=1S/C23H23N7O3/c1-15-5-6-29-14-27-19(20(29)7-15)11-26-22(31)17(8-24)9-25-10-18-13-30-12-16(23(32)33-2)3-4-21(30)28-18/h3-9,12-14,24-25H,10-11H2,1-2H3,(H,26,31)/b17-9+,24-8?. The summed E-state index contributed by atoms with van der Waals surface area (Å²) in [7, 11) is 1.33. The Bertz CT molecular complexity index is 1380. The van der Waals surface area contributed by atoms with Crippen LogP contribution in [0, 0.1) is 12.3 Å². The van der Waals surface area contributed by atoms with E-state index >= 15 is 0 Å². The number of nitrogens with zero attached hydrogens (tertiary/aromatic N) is 4. The number of aromatic nitrogens is 4. The molecule has 33 heavy (non-hydrogen) atoms. The first-order valence-electron chi connectivity index (χ1n) is 10.2. The molecular formula is C23H23N7O3. The number of hydrogen-bond donors (Lipinski definition) is 3. The number of rotatable bonds is 8. The second-order valence-corrected chi connectivity index (χ2v) is 7.40. The predicted octanol–water partition coefficient (Wildman–Crippen LogP) is 2.02. The number of carbonyl (C=O) groups excluding carboxylic acids is 2. The van der Waals surface area contributed by atoms with Crippen molar-refractivity contribution in [1.29, 1.82) is 5.41 Å². The fourth-order valence-corrected chi connectivity index (χ4v) is 3.36. The molecule has 4 rings (SSSR count). The maximum absolute atomic E-state index is 12.5. The molecule has 0 fully saturated rings. The van der Waals surface area contributed by atoms with Crippen molar-refractivity contribution in [1.82, 2.24) is 29.4 Å². The van der Waals surface area contributed by atoms with E-state index in [0.717, 1.165) is 23.0 Å². The highest BCUT2D eigenvalue weighted by molar-refractivity contribution is 6.11. The summed E-state index contributed by atoms with van der Waals surface area (Å²) in [4.78, 5) is 33.0. The van der Waals surface area contributed by atoms with Crippen molar-refractivity contribution in [3.05, 3.63) is 83.5 Å². The number of carbonyl (C=O) groups is 2. The lowest BCUT2D eigenvalue weighted by atomic mass is 10.2. The number of fused-ring (bicyclic) bond motifs is 2. The zero-order valence-electron chi connectivity index (χ0n) is 18.2. The van der Waals surface area contributed by atoms with E-state index < -0.39 is 5.97 Å². The van der Waals surface area contributed by atoms with Crippen molar-refractivity contribution in [2.45, 2.75) is 20.0 Å². The minimum Gasteiger partial charge on any atom is -0.465 e. The van der Waals surface area contributed by atoms with Gasteiger partial charge in [-0.1, -0.05) is 0 Å². The van der Waals surface area contributed by atoms with Crippen molar-refractivity contribution < 1.29 is 14.3 Å². The van der Waals surface area contributed by atoms with Gasteiger partial charge in [0.25, 0.3) is 5.91 Å². The van der Waals surface area contributed by atoms with Gasteiger partial charge in [-0.2, -0.15) is 0 Å². The van der Waals surface area contributed by atoms with Crippen molar-refractivity contribution in [3.8, 4) is 0 Å². The molecule has 168 valence electrons. The van der Waals surface area contributed by atoms with Crippen LogP contribution in [0.3, 0.4) is 0 Å². The number of nitrogens with one attached hydrogen (secondary N) is 3. The van der Waals surface area contributed by atoms with E-state index in [1.54, 1.807) is 35.3 Å². The SMILES string of the molecule is COC(=O)c1ccc2nc(CN/C=C(\C=N)C(=O)NCc3ncn4ccc(C)cc34)cn2c1. The Morgan fingerprint density at radius 1 is 1.18 bits per heavy atom. The zero-order valence-corrected chi connectivity index (χ0v) is 18.2. The summed E-state index contributed by atoms with van der Waals surface area (Å²) < 4.78 is 8.36. The molecule has 4 aromatic rings. The normalized spacial score (nSPS) is 11.5. The van der Waals surface area contributed by atoms with Crippen LogP contribution in [-0.2, 0) is 22.6 Å². The molecule has 0 aromatic carbocycles. The van der Waals surface area contributed by atoms with Gasteiger partial charge in [-0.05, 0) is 36.8 Å². The van der Waals surface area contributed by atoms with E-state index in [1.165, 1.54) is 13.3 Å². The molecule has 3 N–H and O–H groups in total. The van der Waals surface area contributed by atoms with Gasteiger partial charge in [0.1, 0.15) is 5.65 Å². The Morgan fingerprint density at radius 2 is 2.03 bits per heavy atom. The van der Waals surface area contributed by atoms with Gasteiger partial charge in [-0.15, -0.1) is 0 Å². The first kappa shape index (κ1) is 21.8. The number of methoxy groups -OCH3 is 1. The Balaban J connectivity index is 1.38. The Morgan fingerprint density at radius 3 is 2.82 bits per heavy atom. The van der Waals surface area contributed by atoms with Gasteiger partial charge in [0, 0.05) is 31.0 Å². The monoisotopic (exact) mass is 445 g/mol. The van der Waals surface area contributed by atoms with Gasteiger partial charge in [0.2, 0.25) is 0 Å². The third kappa shape index (κ3) is 4.74. The second-order valence-electron chi connectivity index (χ2n) is 7.40. The molecule has 0 bridgehead atoms. The Labute approximate surface area is 189 Å². The van der Waals surface area contributed by atoms with Crippen molar-refractivity contribution >= 4 is 29.3 Å². The quantitative estimate of drug-likeness (QED) is 0.216. The molecule has 0 saturated heterocycles. The molecular weight excluding hydrogens is 422 g/mol. The van der Waals surface area contributed by atoms with E-state index in [2.05, 4.69) is 20.6 Å². The maximum atomic E-state index is 12.5. The minimum absolute atomic E-state index is 0.173. The molecule has 4 aromatic heterocycles. The molecule has 0 atom stereocenters. The first-order chi connectivity index (χ1) is 16.0. The highest BCUT2D eigenvalue weighted by Gasteiger charge is 2.11. The number of esters is 1. The van der Waals surface area contributed by atoms with Crippen LogP contribution in [0.2, 0.25) is 0 Å². The van der Waals surface area contributed by atoms with Gasteiger partial charge in [-0.25, -0.2) is 14.8 Å². The molecule has 10 heteroatoms. The molecule has 0 aliphatic heterocycles. The third-order valence-electron chi connectivity index (χ3n) is 5.07. The fraction of sp³-hybridized carbons (Fsp3) is 0.174. The van der Waals surface area contributed by atoms with Crippen molar-refractivity contribution in [2.75, 3.05) is 7.11 Å². The van der Waals surface area contributed by atoms with Gasteiger partial charge >= 0.3 is 5.97 Å². The number of hydrogen-bond acceptors (Lipinski definition) is 7. The molecule has 0 aliphatic rings. The van der Waals surface area contributed by atoms with E-state index in [9.17, 15) is 9.59 Å². The second kappa shape index (κ2) is 9.35. The molecule has 1 amide bonds. The summed E-state index contributed by atoms with van der Waals surface area (Å²) in [5.41, 5.74) is 4.76. The Hall–Kier alpha value is -4.47. The Kier molecular flexibility index (Phi) is 6.16. The van der Waals surface area contributed by atoms with Crippen LogP contribution in [-0.4, -0.2) is 44.0 Å². The highest BCUT2D eigenvalue weighted by Crippen LogP contribution is 2.12. The van der Waals surface area contributed by atoms with E-state index in [-0.39, 0.29) is 18.0 Å². The topological polar surface area (TPSA) is 126 Å². The fourth-order valence-electron chi connectivity index (χ4n) is 3.36. The lowest BCUT2D eigenvalue weighted by molar-refractivity contribution is -0.117. The van der Waals surface area contributed by atoms with Crippen molar-refractivity contribution in [3.63, 3.8) is 0 Å². The third-order valence-corrected chi connectivity index (χ3v) is 5.07. The number of pyridine rings is 2. The highest BCUT2D eigenvalue weighted by atomic mass is 16.5. The van der Waals surface area contributed by atoms with Crippen molar-refractivity contribution in [2.24, 2.45) is 0 Å². The molecule has 10 nitrogen and oxygen atoms in total. The molecule has 0 unspecified atom stereocenters. The van der Waals surface area contributed by atoms with Crippen LogP contribution < -0.4 is 10.6 Å². The number of aryl methyl sites for hydroxylation is 1. The van der Waals surface area contributed by atoms with Crippen LogP contribution >= 0.6 is 0 Å². The molecule has 4 heterocycles. The van der Waals surface area contributed by atoms with Crippen LogP contribution in [0.15, 0.2) is 61.0 Å². The first-order valence-corrected chi connectivity index (χ1v) is 10.2. The molecule has 0 radical (unpaired) electrons. The summed E-state index contributed by atoms with van der Waals surface area (Å²) in [6, 6.07) is 7.36. The van der Waals surface area contributed by atoms with Gasteiger partial charge < -0.3 is 29.6 Å². The van der Waals surface area contributed by atoms with Gasteiger partial charge in [0.05, 0.1) is 54.6 Å². The summed E-state index contributed by atoms with van der Waals surface area (Å²) in [5.74, 6) is -0.808. The largest absolute Gasteiger partial charge is 0.465 e. The average Bonchev–Trinajstić information content (AvgIpc) is 3.42. The zero-order chi connectivity index (χ0) is 23.4. The predicted molar refractivity (Wildman–Crippen MR) is 122 cm³/mol. The van der Waals surface area contributed by atoms with Gasteiger partial charge in [0.15, 0.2) is 0 Å². The summed E-state index contributed by atoms with van der Waals surface area (Å²) in [6.45, 7) is 2.59. The minimum atomic E-state index is -0.423. The lowest BCUT2D eigenvalue weighted by Gasteiger charge is -2.05. The molecule has 0 spiro atoms.